The molecule has 0 spiro atoms. The van der Waals surface area contributed by atoms with Crippen LogP contribution in [-0.2, 0) is 29.1 Å². The second kappa shape index (κ2) is 14.3. The van der Waals surface area contributed by atoms with Crippen LogP contribution >= 0.6 is 0 Å². The maximum atomic E-state index is 12.8. The maximum Gasteiger partial charge on any atom is 0.539 e. The largest absolute Gasteiger partial charge is 0.539 e. The number of para-hydroxylation sites is 2. The number of aromatic amines is 1. The Bertz CT molecular complexity index is 1550. The molecule has 212 valence electrons. The average molecular weight is 560 g/mol. The molecule has 41 heavy (non-hydrogen) atoms. The third kappa shape index (κ3) is 8.16. The van der Waals surface area contributed by atoms with Crippen LogP contribution in [0.1, 0.15) is 23.7 Å². The molecule has 3 aromatic carbocycles. The van der Waals surface area contributed by atoms with E-state index in [1.54, 1.807) is 60.7 Å². The van der Waals surface area contributed by atoms with Gasteiger partial charge in [0.2, 0.25) is 0 Å². The van der Waals surface area contributed by atoms with E-state index >= 15 is 0 Å². The Hall–Kier alpha value is -5.16. The first-order valence-electron chi connectivity index (χ1n) is 12.9. The smallest absolute Gasteiger partial charge is 0.408 e. The van der Waals surface area contributed by atoms with Crippen molar-refractivity contribution in [2.75, 3.05) is 13.2 Å². The molecule has 0 aliphatic heterocycles. The third-order valence-corrected chi connectivity index (χ3v) is 5.92. The minimum atomic E-state index is -1.16. The lowest BCUT2D eigenvalue weighted by molar-refractivity contribution is -0.102. The highest BCUT2D eigenvalue weighted by Crippen LogP contribution is 2.14. The van der Waals surface area contributed by atoms with Crippen LogP contribution in [0.5, 0.6) is 11.5 Å². The third-order valence-electron chi connectivity index (χ3n) is 5.92. The Morgan fingerprint density at radius 1 is 0.829 bits per heavy atom. The first-order valence-corrected chi connectivity index (χ1v) is 12.9. The Kier molecular flexibility index (Phi) is 10.1. The van der Waals surface area contributed by atoms with E-state index < -0.39 is 23.5 Å². The number of benzene rings is 3. The number of hydroxylamine groups is 2. The van der Waals surface area contributed by atoms with E-state index in [2.05, 4.69) is 4.98 Å². The number of ether oxygens (including phenoxy) is 3. The van der Waals surface area contributed by atoms with Crippen molar-refractivity contribution in [3.8, 4) is 11.5 Å². The topological polar surface area (TPSA) is 129 Å². The highest BCUT2D eigenvalue weighted by molar-refractivity contribution is 5.72. The SMILES string of the molecule is CCc1c(Cc2ccccc2)n(COCCN(OC(=O)Oc2ccccc2)C(=O)Oc2ccccc2)c(=O)[nH]c1=O. The fourth-order valence-electron chi connectivity index (χ4n) is 3.96. The molecule has 0 aliphatic carbocycles. The summed E-state index contributed by atoms with van der Waals surface area (Å²) >= 11 is 0. The van der Waals surface area contributed by atoms with E-state index in [0.717, 1.165) is 5.56 Å². The van der Waals surface area contributed by atoms with Gasteiger partial charge in [0, 0.05) is 17.7 Å². The number of aromatic nitrogens is 2. The Labute approximate surface area is 235 Å². The lowest BCUT2D eigenvalue weighted by Crippen LogP contribution is -2.40. The summed E-state index contributed by atoms with van der Waals surface area (Å²) in [6.45, 7) is 1.21. The fraction of sp³-hybridized carbons (Fsp3) is 0.200. The standard InChI is InChI=1S/C30H29N3O8/c1-2-25-26(20-22-12-6-3-7-13-22)32(28(35)31-27(25)34)21-38-19-18-33(29(36)39-23-14-8-4-9-15-23)41-30(37)40-24-16-10-5-11-17-24/h3-17H,2,18-21H2,1H3,(H,31,34,35). The molecule has 0 radical (unpaired) electrons. The molecule has 0 fully saturated rings. The molecule has 0 saturated heterocycles. The maximum absolute atomic E-state index is 12.8. The van der Waals surface area contributed by atoms with Crippen LogP contribution in [0.15, 0.2) is 101 Å². The van der Waals surface area contributed by atoms with Crippen molar-refractivity contribution >= 4 is 12.2 Å². The highest BCUT2D eigenvalue weighted by atomic mass is 16.8. The van der Waals surface area contributed by atoms with Gasteiger partial charge in [-0.1, -0.05) is 73.7 Å². The van der Waals surface area contributed by atoms with Crippen LogP contribution in [-0.4, -0.2) is 40.0 Å². The molecule has 11 nitrogen and oxygen atoms in total. The molecule has 0 saturated carbocycles. The van der Waals surface area contributed by atoms with Gasteiger partial charge in [0.15, 0.2) is 0 Å². The predicted molar refractivity (Wildman–Crippen MR) is 149 cm³/mol. The summed E-state index contributed by atoms with van der Waals surface area (Å²) in [5.41, 5.74) is 0.842. The van der Waals surface area contributed by atoms with Gasteiger partial charge in [0.25, 0.3) is 5.56 Å². The molecule has 0 aliphatic rings. The molecule has 1 amide bonds. The van der Waals surface area contributed by atoms with Crippen molar-refractivity contribution in [2.45, 2.75) is 26.5 Å². The fourth-order valence-corrected chi connectivity index (χ4v) is 3.96. The minimum absolute atomic E-state index is 0.152. The van der Waals surface area contributed by atoms with E-state index in [0.29, 0.717) is 29.2 Å². The molecular formula is C30H29N3O8. The van der Waals surface area contributed by atoms with E-state index in [9.17, 15) is 19.2 Å². The van der Waals surface area contributed by atoms with Crippen LogP contribution in [0.4, 0.5) is 9.59 Å². The van der Waals surface area contributed by atoms with Crippen LogP contribution in [0.3, 0.4) is 0 Å². The summed E-state index contributed by atoms with van der Waals surface area (Å²) in [5, 5.41) is 0.663. The molecule has 1 heterocycles. The second-order valence-corrected chi connectivity index (χ2v) is 8.71. The van der Waals surface area contributed by atoms with Gasteiger partial charge in [-0.25, -0.2) is 14.4 Å². The molecule has 0 atom stereocenters. The molecule has 1 aromatic heterocycles. The van der Waals surface area contributed by atoms with Crippen molar-refractivity contribution in [1.82, 2.24) is 14.6 Å². The molecule has 0 bridgehead atoms. The van der Waals surface area contributed by atoms with Crippen molar-refractivity contribution in [1.29, 1.82) is 0 Å². The Morgan fingerprint density at radius 2 is 1.41 bits per heavy atom. The van der Waals surface area contributed by atoms with Gasteiger partial charge in [0.1, 0.15) is 18.2 Å². The number of H-pyrrole nitrogens is 1. The van der Waals surface area contributed by atoms with Gasteiger partial charge in [-0.05, 0) is 36.2 Å². The van der Waals surface area contributed by atoms with Crippen molar-refractivity contribution in [2.24, 2.45) is 0 Å². The minimum Gasteiger partial charge on any atom is -0.408 e. The van der Waals surface area contributed by atoms with E-state index in [-0.39, 0.29) is 31.4 Å². The lowest BCUT2D eigenvalue weighted by Gasteiger charge is -2.21. The van der Waals surface area contributed by atoms with Gasteiger partial charge in [0.05, 0.1) is 13.2 Å². The summed E-state index contributed by atoms with van der Waals surface area (Å²) in [5.74, 6) is 0.459. The van der Waals surface area contributed by atoms with Crippen molar-refractivity contribution < 1.29 is 28.6 Å². The van der Waals surface area contributed by atoms with Gasteiger partial charge in [-0.3, -0.25) is 19.2 Å². The summed E-state index contributed by atoms with van der Waals surface area (Å²) in [6.07, 6.45) is -1.38. The number of nitrogens with zero attached hydrogens (tertiary/aromatic N) is 2. The first kappa shape index (κ1) is 28.8. The summed E-state index contributed by atoms with van der Waals surface area (Å²) in [4.78, 5) is 57.9. The summed E-state index contributed by atoms with van der Waals surface area (Å²) in [6, 6.07) is 25.9. The Balaban J connectivity index is 1.46. The molecule has 0 unspecified atom stereocenters. The lowest BCUT2D eigenvalue weighted by atomic mass is 10.0. The molecule has 4 rings (SSSR count). The number of nitrogens with one attached hydrogen (secondary N) is 1. The average Bonchev–Trinajstić information content (AvgIpc) is 2.97. The number of carbonyl (C=O) groups is 2. The predicted octanol–water partition coefficient (Wildman–Crippen LogP) is 4.30. The molecular weight excluding hydrogens is 530 g/mol. The number of hydrogen-bond acceptors (Lipinski definition) is 8. The van der Waals surface area contributed by atoms with Crippen LogP contribution in [0.25, 0.3) is 0 Å². The van der Waals surface area contributed by atoms with Gasteiger partial charge < -0.3 is 14.2 Å². The number of amides is 1. The van der Waals surface area contributed by atoms with E-state index in [1.807, 2.05) is 37.3 Å². The monoisotopic (exact) mass is 559 g/mol. The zero-order valence-corrected chi connectivity index (χ0v) is 22.4. The zero-order valence-electron chi connectivity index (χ0n) is 22.4. The molecule has 4 aromatic rings. The van der Waals surface area contributed by atoms with Gasteiger partial charge in [-0.15, -0.1) is 5.06 Å². The molecule has 11 heteroatoms. The van der Waals surface area contributed by atoms with Gasteiger partial charge in [-0.2, -0.15) is 0 Å². The van der Waals surface area contributed by atoms with Crippen LogP contribution in [0, 0.1) is 0 Å². The Morgan fingerprint density at radius 3 is 2.02 bits per heavy atom. The second-order valence-electron chi connectivity index (χ2n) is 8.71. The zero-order chi connectivity index (χ0) is 29.0. The summed E-state index contributed by atoms with van der Waals surface area (Å²) in [7, 11) is 0. The quantitative estimate of drug-likeness (QED) is 0.132. The normalized spacial score (nSPS) is 10.6. The molecule has 1 N–H and O–H groups in total. The number of hydrogen-bond donors (Lipinski definition) is 1. The number of rotatable bonds is 10. The van der Waals surface area contributed by atoms with Crippen molar-refractivity contribution in [3.63, 3.8) is 0 Å². The van der Waals surface area contributed by atoms with Gasteiger partial charge >= 0.3 is 17.9 Å². The van der Waals surface area contributed by atoms with E-state index in [1.165, 1.54) is 4.57 Å². The summed E-state index contributed by atoms with van der Waals surface area (Å²) < 4.78 is 17.5. The van der Waals surface area contributed by atoms with E-state index in [4.69, 9.17) is 19.0 Å². The first-order chi connectivity index (χ1) is 19.9. The number of carbonyl (C=O) groups excluding carboxylic acids is 2. The van der Waals surface area contributed by atoms with Crippen LogP contribution in [0.2, 0.25) is 0 Å². The van der Waals surface area contributed by atoms with Crippen molar-refractivity contribution in [3.05, 3.63) is 129 Å². The highest BCUT2D eigenvalue weighted by Gasteiger charge is 2.23. The van der Waals surface area contributed by atoms with Crippen LogP contribution < -0.4 is 20.7 Å².